The van der Waals surface area contributed by atoms with Gasteiger partial charge in [0.15, 0.2) is 29.1 Å². The maximum absolute atomic E-state index is 5.13. The Morgan fingerprint density at radius 1 is 0.333 bits per heavy atom. The lowest BCUT2D eigenvalue weighted by molar-refractivity contribution is 0.766. The van der Waals surface area contributed by atoms with Gasteiger partial charge in [0.1, 0.15) is 5.82 Å². The van der Waals surface area contributed by atoms with Crippen molar-refractivity contribution < 1.29 is 0 Å². The Morgan fingerprint density at radius 2 is 0.685 bits per heavy atom. The highest BCUT2D eigenvalue weighted by Crippen LogP contribution is 2.34. The van der Waals surface area contributed by atoms with Crippen LogP contribution in [0.3, 0.4) is 0 Å². The average molecular weight is 695 g/mol. The molecule has 0 N–H and O–H groups in total. The van der Waals surface area contributed by atoms with E-state index in [0.29, 0.717) is 29.1 Å². The van der Waals surface area contributed by atoms with Gasteiger partial charge in [-0.1, -0.05) is 176 Å². The van der Waals surface area contributed by atoms with Crippen LogP contribution in [0.15, 0.2) is 188 Å². The molecule has 54 heavy (non-hydrogen) atoms. The Hall–Kier alpha value is -7.18. The molecule has 0 spiro atoms. The van der Waals surface area contributed by atoms with E-state index in [1.165, 1.54) is 11.1 Å². The first-order valence-corrected chi connectivity index (χ1v) is 18.1. The molecule has 0 amide bonds. The van der Waals surface area contributed by atoms with Crippen LogP contribution in [0.4, 0.5) is 0 Å². The van der Waals surface area contributed by atoms with Gasteiger partial charge in [-0.25, -0.2) is 29.9 Å². The van der Waals surface area contributed by atoms with Gasteiger partial charge in [-0.15, -0.1) is 0 Å². The van der Waals surface area contributed by atoms with Crippen LogP contribution in [0.1, 0.15) is 23.7 Å². The third-order valence-electron chi connectivity index (χ3n) is 9.47. The molecule has 1 unspecified atom stereocenters. The Kier molecular flexibility index (Phi) is 8.97. The van der Waals surface area contributed by atoms with Crippen molar-refractivity contribution in [1.82, 2.24) is 29.9 Å². The molecule has 8 aromatic rings. The van der Waals surface area contributed by atoms with E-state index in [9.17, 15) is 0 Å². The van der Waals surface area contributed by atoms with Crippen molar-refractivity contribution in [1.29, 1.82) is 0 Å². The fourth-order valence-corrected chi connectivity index (χ4v) is 6.70. The summed E-state index contributed by atoms with van der Waals surface area (Å²) >= 11 is 0. The second-order valence-electron chi connectivity index (χ2n) is 13.1. The molecule has 9 rings (SSSR count). The highest BCUT2D eigenvalue weighted by Gasteiger charge is 2.20. The van der Waals surface area contributed by atoms with Crippen LogP contribution in [-0.2, 0) is 0 Å². The molecule has 2 heterocycles. The Bertz CT molecular complexity index is 2560. The fourth-order valence-electron chi connectivity index (χ4n) is 6.70. The average Bonchev–Trinajstić information content (AvgIpc) is 3.27. The predicted octanol–water partition coefficient (Wildman–Crippen LogP) is 11.2. The summed E-state index contributed by atoms with van der Waals surface area (Å²) in [5, 5.41) is 0. The maximum atomic E-state index is 5.13. The maximum Gasteiger partial charge on any atom is 0.164 e. The molecule has 6 aromatic carbocycles. The van der Waals surface area contributed by atoms with Crippen LogP contribution in [0, 0.1) is 0 Å². The highest BCUT2D eigenvalue weighted by atomic mass is 15.0. The molecule has 6 nitrogen and oxygen atoms in total. The van der Waals surface area contributed by atoms with Crippen molar-refractivity contribution in [2.75, 3.05) is 0 Å². The van der Waals surface area contributed by atoms with Gasteiger partial charge in [0.05, 0.1) is 0 Å². The molecular formula is C48H34N6. The number of benzene rings is 6. The second kappa shape index (κ2) is 14.8. The smallest absolute Gasteiger partial charge is 0.164 e. The molecule has 2 aromatic heterocycles. The third-order valence-corrected chi connectivity index (χ3v) is 9.47. The molecule has 1 aliphatic rings. The Labute approximate surface area is 314 Å². The van der Waals surface area contributed by atoms with Crippen molar-refractivity contribution in [3.63, 3.8) is 0 Å². The van der Waals surface area contributed by atoms with Gasteiger partial charge in [-0.05, 0) is 40.8 Å². The van der Waals surface area contributed by atoms with E-state index >= 15 is 0 Å². The van der Waals surface area contributed by atoms with Gasteiger partial charge < -0.3 is 0 Å². The summed E-state index contributed by atoms with van der Waals surface area (Å²) in [6, 6.07) is 57.4. The van der Waals surface area contributed by atoms with E-state index in [4.69, 9.17) is 29.9 Å². The molecule has 6 heteroatoms. The van der Waals surface area contributed by atoms with Gasteiger partial charge in [0, 0.05) is 33.7 Å². The van der Waals surface area contributed by atoms with Crippen LogP contribution in [0.2, 0.25) is 0 Å². The first-order valence-electron chi connectivity index (χ1n) is 18.1. The fraction of sp³-hybridized carbons (Fsp3) is 0.0417. The van der Waals surface area contributed by atoms with Crippen LogP contribution in [0.5, 0.6) is 0 Å². The lowest BCUT2D eigenvalue weighted by Crippen LogP contribution is -2.08. The molecule has 0 aliphatic heterocycles. The Morgan fingerprint density at radius 3 is 1.15 bits per heavy atom. The van der Waals surface area contributed by atoms with Gasteiger partial charge in [-0.3, -0.25) is 0 Å². The van der Waals surface area contributed by atoms with Crippen molar-refractivity contribution in [2.45, 2.75) is 12.3 Å². The van der Waals surface area contributed by atoms with Crippen LogP contribution in [-0.4, -0.2) is 29.9 Å². The SMILES string of the molecule is C1=CC(c2ccccc2)=CC(c2nc(-c3ccccc3)nc(-c3cccc(-c4cccc(-c5nc(-c6ccccc6)nc(-c6ccccc6)n5)c4)c3)n2)C1. The zero-order chi connectivity index (χ0) is 36.1. The standard InChI is InChI=1S/C48H34N6/c1-5-16-33(17-6-1)37-24-13-27-40(30-37)47-52-45(36-22-11-4-12-23-36)53-48(54-47)42-29-15-26-39(32-42)38-25-14-28-41(31-38)46-50-43(34-18-7-2-8-19-34)49-44(51-46)35-20-9-3-10-21-35/h1-26,28-32,40H,27H2. The zero-order valence-corrected chi connectivity index (χ0v) is 29.4. The van der Waals surface area contributed by atoms with Crippen molar-refractivity contribution in [3.05, 3.63) is 199 Å². The van der Waals surface area contributed by atoms with E-state index in [1.54, 1.807) is 0 Å². The molecule has 0 fully saturated rings. The predicted molar refractivity (Wildman–Crippen MR) is 217 cm³/mol. The lowest BCUT2D eigenvalue weighted by atomic mass is 9.91. The largest absolute Gasteiger partial charge is 0.212 e. The van der Waals surface area contributed by atoms with Crippen LogP contribution >= 0.6 is 0 Å². The van der Waals surface area contributed by atoms with Gasteiger partial charge >= 0.3 is 0 Å². The summed E-state index contributed by atoms with van der Waals surface area (Å²) in [5.74, 6) is 3.93. The summed E-state index contributed by atoms with van der Waals surface area (Å²) in [6.07, 6.45) is 7.49. The first kappa shape index (κ1) is 32.7. The minimum Gasteiger partial charge on any atom is -0.212 e. The van der Waals surface area contributed by atoms with Gasteiger partial charge in [0.2, 0.25) is 0 Å². The third kappa shape index (κ3) is 7.01. The normalized spacial score (nSPS) is 13.7. The van der Waals surface area contributed by atoms with E-state index in [0.717, 1.165) is 51.2 Å². The van der Waals surface area contributed by atoms with E-state index < -0.39 is 0 Å². The number of nitrogens with zero attached hydrogens (tertiary/aromatic N) is 6. The number of rotatable bonds is 8. The molecule has 0 saturated carbocycles. The number of hydrogen-bond donors (Lipinski definition) is 0. The van der Waals surface area contributed by atoms with Gasteiger partial charge in [0.25, 0.3) is 0 Å². The highest BCUT2D eigenvalue weighted by molar-refractivity contribution is 5.77. The van der Waals surface area contributed by atoms with Crippen molar-refractivity contribution in [2.24, 2.45) is 0 Å². The zero-order valence-electron chi connectivity index (χ0n) is 29.4. The molecule has 1 aliphatic carbocycles. The van der Waals surface area contributed by atoms with Crippen LogP contribution in [0.25, 0.3) is 73.6 Å². The van der Waals surface area contributed by atoms with E-state index in [-0.39, 0.29) is 5.92 Å². The summed E-state index contributed by atoms with van der Waals surface area (Å²) in [4.78, 5) is 30.0. The number of hydrogen-bond acceptors (Lipinski definition) is 6. The minimum absolute atomic E-state index is 0.0104. The summed E-state index contributed by atoms with van der Waals surface area (Å²) in [6.45, 7) is 0. The molecule has 0 radical (unpaired) electrons. The molecule has 256 valence electrons. The van der Waals surface area contributed by atoms with Crippen LogP contribution < -0.4 is 0 Å². The van der Waals surface area contributed by atoms with Crippen molar-refractivity contribution in [3.8, 4) is 68.1 Å². The van der Waals surface area contributed by atoms with Gasteiger partial charge in [-0.2, -0.15) is 0 Å². The summed E-state index contributed by atoms with van der Waals surface area (Å²) in [7, 11) is 0. The van der Waals surface area contributed by atoms with E-state index in [2.05, 4.69) is 78.9 Å². The van der Waals surface area contributed by atoms with E-state index in [1.807, 2.05) is 109 Å². The first-order chi connectivity index (χ1) is 26.7. The monoisotopic (exact) mass is 694 g/mol. The molecule has 1 atom stereocenters. The number of allylic oxidation sites excluding steroid dienone is 4. The molecular weight excluding hydrogens is 661 g/mol. The lowest BCUT2D eigenvalue weighted by Gasteiger charge is -2.17. The summed E-state index contributed by atoms with van der Waals surface area (Å²) in [5.41, 5.74) is 9.04. The quantitative estimate of drug-likeness (QED) is 0.158. The topological polar surface area (TPSA) is 77.3 Å². The minimum atomic E-state index is 0.0104. The van der Waals surface area contributed by atoms with Crippen molar-refractivity contribution >= 4 is 5.57 Å². The summed E-state index contributed by atoms with van der Waals surface area (Å²) < 4.78 is 0. The Balaban J connectivity index is 1.10. The molecule has 0 bridgehead atoms. The molecule has 0 saturated heterocycles. The number of aromatic nitrogens is 6. The second-order valence-corrected chi connectivity index (χ2v) is 13.1.